The van der Waals surface area contributed by atoms with Crippen molar-refractivity contribution in [3.05, 3.63) is 33.9 Å². The Balaban J connectivity index is 2.28. The highest BCUT2D eigenvalue weighted by molar-refractivity contribution is 6.00. The first-order valence-corrected chi connectivity index (χ1v) is 6.82. The number of rotatable bonds is 4. The van der Waals surface area contributed by atoms with Crippen LogP contribution < -0.4 is 5.32 Å². The van der Waals surface area contributed by atoms with Crippen molar-refractivity contribution >= 4 is 17.3 Å². The minimum absolute atomic E-state index is 0.0569. The van der Waals surface area contributed by atoms with Gasteiger partial charge in [0, 0.05) is 38.0 Å². The summed E-state index contributed by atoms with van der Waals surface area (Å²) in [7, 11) is 1.71. The molecule has 0 spiro atoms. The molecule has 1 aromatic carbocycles. The van der Waals surface area contributed by atoms with Crippen LogP contribution >= 0.6 is 0 Å². The van der Waals surface area contributed by atoms with Crippen molar-refractivity contribution in [3.63, 3.8) is 0 Å². The van der Waals surface area contributed by atoms with Crippen molar-refractivity contribution in [2.45, 2.75) is 19.8 Å². The molecule has 108 valence electrons. The zero-order valence-corrected chi connectivity index (χ0v) is 11.8. The van der Waals surface area contributed by atoms with Crippen molar-refractivity contribution in [1.82, 2.24) is 4.90 Å². The van der Waals surface area contributed by atoms with Gasteiger partial charge in [-0.05, 0) is 18.4 Å². The fraction of sp³-hybridized carbons (Fsp3) is 0.500. The molecule has 6 nitrogen and oxygen atoms in total. The molecule has 1 fully saturated rings. The third-order valence-electron chi connectivity index (χ3n) is 3.86. The van der Waals surface area contributed by atoms with Crippen molar-refractivity contribution in [3.8, 4) is 0 Å². The lowest BCUT2D eigenvalue weighted by Gasteiger charge is -2.18. The number of nitrogens with zero attached hydrogens (tertiary/aromatic N) is 2. The number of hydrogen-bond acceptors (Lipinski definition) is 4. The minimum atomic E-state index is -0.477. The quantitative estimate of drug-likeness (QED) is 0.677. The highest BCUT2D eigenvalue weighted by Crippen LogP contribution is 2.26. The molecule has 1 amide bonds. The molecular formula is C14H19N3O3. The molecule has 6 heteroatoms. The van der Waals surface area contributed by atoms with Gasteiger partial charge in [-0.15, -0.1) is 0 Å². The molecule has 0 aliphatic carbocycles. The number of likely N-dealkylation sites (tertiary alicyclic amines) is 1. The van der Waals surface area contributed by atoms with Gasteiger partial charge in [-0.25, -0.2) is 0 Å². The molecule has 1 unspecified atom stereocenters. The van der Waals surface area contributed by atoms with E-state index in [0.29, 0.717) is 17.2 Å². The second kappa shape index (κ2) is 5.90. The summed E-state index contributed by atoms with van der Waals surface area (Å²) in [6.07, 6.45) is 2.06. The molecule has 2 rings (SSSR count). The van der Waals surface area contributed by atoms with Gasteiger partial charge in [0.25, 0.3) is 11.6 Å². The lowest BCUT2D eigenvalue weighted by Crippen LogP contribution is -2.29. The molecule has 1 atom stereocenters. The summed E-state index contributed by atoms with van der Waals surface area (Å²) < 4.78 is 0. The van der Waals surface area contributed by atoms with Gasteiger partial charge in [-0.3, -0.25) is 14.9 Å². The first-order valence-electron chi connectivity index (χ1n) is 6.82. The second-order valence-corrected chi connectivity index (χ2v) is 5.05. The number of hydrogen-bond donors (Lipinski definition) is 1. The lowest BCUT2D eigenvalue weighted by atomic mass is 10.1. The summed E-state index contributed by atoms with van der Waals surface area (Å²) in [5.41, 5.74) is 0.942. The highest BCUT2D eigenvalue weighted by atomic mass is 16.6. The monoisotopic (exact) mass is 277 g/mol. The summed E-state index contributed by atoms with van der Waals surface area (Å²) >= 11 is 0. The van der Waals surface area contributed by atoms with Gasteiger partial charge in [0.1, 0.15) is 0 Å². The Hall–Kier alpha value is -2.11. The molecule has 1 aromatic rings. The number of nitrogens with one attached hydrogen (secondary N) is 1. The van der Waals surface area contributed by atoms with Crippen LogP contribution in [0.5, 0.6) is 0 Å². The maximum Gasteiger partial charge on any atom is 0.270 e. The van der Waals surface area contributed by atoms with Crippen LogP contribution in [0.1, 0.15) is 30.1 Å². The van der Waals surface area contributed by atoms with E-state index in [2.05, 4.69) is 12.2 Å². The Morgan fingerprint density at radius 1 is 1.55 bits per heavy atom. The average Bonchev–Trinajstić information content (AvgIpc) is 2.94. The van der Waals surface area contributed by atoms with Gasteiger partial charge in [-0.1, -0.05) is 13.3 Å². The lowest BCUT2D eigenvalue weighted by molar-refractivity contribution is -0.384. The Morgan fingerprint density at radius 2 is 2.30 bits per heavy atom. The van der Waals surface area contributed by atoms with Crippen LogP contribution in [-0.2, 0) is 0 Å². The number of nitro benzene ring substituents is 1. The van der Waals surface area contributed by atoms with Crippen molar-refractivity contribution in [1.29, 1.82) is 0 Å². The fourth-order valence-electron chi connectivity index (χ4n) is 2.56. The van der Waals surface area contributed by atoms with Gasteiger partial charge in [0.05, 0.1) is 10.5 Å². The van der Waals surface area contributed by atoms with Gasteiger partial charge in [0.15, 0.2) is 0 Å². The zero-order chi connectivity index (χ0) is 14.7. The van der Waals surface area contributed by atoms with E-state index in [1.54, 1.807) is 18.0 Å². The number of carbonyl (C=O) groups is 1. The number of benzene rings is 1. The first kappa shape index (κ1) is 14.3. The van der Waals surface area contributed by atoms with E-state index in [0.717, 1.165) is 25.9 Å². The van der Waals surface area contributed by atoms with Gasteiger partial charge in [-0.2, -0.15) is 0 Å². The summed E-state index contributed by atoms with van der Waals surface area (Å²) in [5.74, 6) is 0.407. The molecule has 1 aliphatic rings. The Morgan fingerprint density at radius 3 is 2.85 bits per heavy atom. The van der Waals surface area contributed by atoms with E-state index in [1.165, 1.54) is 12.1 Å². The minimum Gasteiger partial charge on any atom is -0.387 e. The summed E-state index contributed by atoms with van der Waals surface area (Å²) in [4.78, 5) is 24.7. The molecule has 1 saturated heterocycles. The molecule has 20 heavy (non-hydrogen) atoms. The molecule has 1 N–H and O–H groups in total. The normalized spacial score (nSPS) is 18.1. The maximum absolute atomic E-state index is 12.5. The Bertz CT molecular complexity index is 530. The largest absolute Gasteiger partial charge is 0.387 e. The number of amides is 1. The number of non-ortho nitro benzene ring substituents is 1. The van der Waals surface area contributed by atoms with Gasteiger partial charge < -0.3 is 10.2 Å². The number of nitro groups is 1. The highest BCUT2D eigenvalue weighted by Gasteiger charge is 2.28. The van der Waals surface area contributed by atoms with Crippen LogP contribution in [-0.4, -0.2) is 35.9 Å². The summed E-state index contributed by atoms with van der Waals surface area (Å²) in [6, 6.07) is 4.34. The average molecular weight is 277 g/mol. The fourth-order valence-corrected chi connectivity index (χ4v) is 2.56. The smallest absolute Gasteiger partial charge is 0.270 e. The molecule has 1 aliphatic heterocycles. The summed E-state index contributed by atoms with van der Waals surface area (Å²) in [6.45, 7) is 3.58. The predicted octanol–water partition coefficient (Wildman–Crippen LogP) is 2.51. The van der Waals surface area contributed by atoms with E-state index in [1.807, 2.05) is 0 Å². The van der Waals surface area contributed by atoms with E-state index in [-0.39, 0.29) is 11.6 Å². The van der Waals surface area contributed by atoms with E-state index in [4.69, 9.17) is 0 Å². The van der Waals surface area contributed by atoms with Crippen molar-refractivity contribution < 1.29 is 9.72 Å². The van der Waals surface area contributed by atoms with Gasteiger partial charge >= 0.3 is 0 Å². The SMILES string of the molecule is CCC1CCN(C(=O)c2cc([N+](=O)[O-])ccc2NC)C1. The zero-order valence-electron chi connectivity index (χ0n) is 11.8. The predicted molar refractivity (Wildman–Crippen MR) is 76.9 cm³/mol. The molecular weight excluding hydrogens is 258 g/mol. The maximum atomic E-state index is 12.5. The Labute approximate surface area is 117 Å². The summed E-state index contributed by atoms with van der Waals surface area (Å²) in [5, 5.41) is 13.8. The number of carbonyl (C=O) groups excluding carboxylic acids is 1. The second-order valence-electron chi connectivity index (χ2n) is 5.05. The van der Waals surface area contributed by atoms with E-state index >= 15 is 0 Å². The van der Waals surface area contributed by atoms with Gasteiger partial charge in [0.2, 0.25) is 0 Å². The molecule has 0 saturated carbocycles. The van der Waals surface area contributed by atoms with E-state index in [9.17, 15) is 14.9 Å². The van der Waals surface area contributed by atoms with Crippen LogP contribution in [0, 0.1) is 16.0 Å². The molecule has 0 aromatic heterocycles. The van der Waals surface area contributed by atoms with Crippen LogP contribution in [0.15, 0.2) is 18.2 Å². The molecule has 1 heterocycles. The third-order valence-corrected chi connectivity index (χ3v) is 3.86. The molecule has 0 radical (unpaired) electrons. The number of anilines is 1. The topological polar surface area (TPSA) is 75.5 Å². The van der Waals surface area contributed by atoms with Crippen molar-refractivity contribution in [2.24, 2.45) is 5.92 Å². The van der Waals surface area contributed by atoms with E-state index < -0.39 is 4.92 Å². The van der Waals surface area contributed by atoms with Crippen LogP contribution in [0.4, 0.5) is 11.4 Å². The standard InChI is InChI=1S/C14H19N3O3/c1-3-10-6-7-16(9-10)14(18)12-8-11(17(19)20)4-5-13(12)15-2/h4-5,8,10,15H,3,6-7,9H2,1-2H3. The van der Waals surface area contributed by atoms with Crippen LogP contribution in [0.25, 0.3) is 0 Å². The first-order chi connectivity index (χ1) is 9.56. The van der Waals surface area contributed by atoms with Crippen molar-refractivity contribution in [2.75, 3.05) is 25.5 Å². The van der Waals surface area contributed by atoms with Crippen LogP contribution in [0.3, 0.4) is 0 Å². The Kier molecular flexibility index (Phi) is 4.22. The molecule has 0 bridgehead atoms. The van der Waals surface area contributed by atoms with Crippen LogP contribution in [0.2, 0.25) is 0 Å². The third kappa shape index (κ3) is 2.74.